The number of rotatable bonds is 6. The first-order valence-corrected chi connectivity index (χ1v) is 11.1. The summed E-state index contributed by atoms with van der Waals surface area (Å²) in [6.45, 7) is 5.55. The lowest BCUT2D eigenvalue weighted by Crippen LogP contribution is -2.41. The summed E-state index contributed by atoms with van der Waals surface area (Å²) in [5.74, 6) is 0.497. The van der Waals surface area contributed by atoms with Gasteiger partial charge in [-0.2, -0.15) is 0 Å². The van der Waals surface area contributed by atoms with E-state index in [4.69, 9.17) is 9.47 Å². The zero-order chi connectivity index (χ0) is 23.7. The lowest BCUT2D eigenvalue weighted by molar-refractivity contribution is -0.138. The minimum Gasteiger partial charge on any atom is -0.493 e. The number of likely N-dealkylation sites (tertiary alicyclic amines) is 1. The fourth-order valence-corrected chi connectivity index (χ4v) is 4.89. The number of ether oxygens (including phenoxy) is 2. The van der Waals surface area contributed by atoms with Gasteiger partial charge in [-0.3, -0.25) is 14.5 Å². The number of piperidine rings is 1. The van der Waals surface area contributed by atoms with E-state index in [9.17, 15) is 14.0 Å². The van der Waals surface area contributed by atoms with Crippen molar-refractivity contribution in [2.45, 2.75) is 26.8 Å². The van der Waals surface area contributed by atoms with Gasteiger partial charge < -0.3 is 14.4 Å². The third-order valence-corrected chi connectivity index (χ3v) is 6.29. The van der Waals surface area contributed by atoms with Crippen molar-refractivity contribution in [2.24, 2.45) is 11.8 Å². The van der Waals surface area contributed by atoms with Gasteiger partial charge in [0.1, 0.15) is 11.5 Å². The molecule has 2 aliphatic rings. The molecule has 2 aromatic carbocycles. The van der Waals surface area contributed by atoms with E-state index < -0.39 is 17.6 Å². The predicted molar refractivity (Wildman–Crippen MR) is 123 cm³/mol. The molecule has 0 spiro atoms. The largest absolute Gasteiger partial charge is 0.493 e. The lowest BCUT2D eigenvalue weighted by Gasteiger charge is -2.37. The Kier molecular flexibility index (Phi) is 6.40. The van der Waals surface area contributed by atoms with Crippen LogP contribution in [0.1, 0.15) is 31.4 Å². The molecule has 1 saturated heterocycles. The van der Waals surface area contributed by atoms with Crippen LogP contribution in [0.5, 0.6) is 11.5 Å². The maximum absolute atomic E-state index is 14.3. The molecule has 6 nitrogen and oxygen atoms in total. The molecule has 0 bridgehead atoms. The summed E-state index contributed by atoms with van der Waals surface area (Å²) in [6.07, 6.45) is 1.07. The second-order valence-electron chi connectivity index (χ2n) is 8.93. The Morgan fingerprint density at radius 1 is 0.939 bits per heavy atom. The first-order chi connectivity index (χ1) is 15.8. The Labute approximate surface area is 193 Å². The number of methoxy groups -OCH3 is 2. The summed E-state index contributed by atoms with van der Waals surface area (Å²) in [6, 6.07) is 11.4. The van der Waals surface area contributed by atoms with Gasteiger partial charge in [-0.25, -0.2) is 4.39 Å². The minimum absolute atomic E-state index is 0.121. The van der Waals surface area contributed by atoms with E-state index >= 15 is 0 Å². The Balaban J connectivity index is 1.80. The summed E-state index contributed by atoms with van der Waals surface area (Å²) in [5, 5.41) is 0. The number of hydrogen-bond acceptors (Lipinski definition) is 5. The third-order valence-electron chi connectivity index (χ3n) is 6.29. The number of carbonyl (C=O) groups is 2. The smallest absolute Gasteiger partial charge is 0.278 e. The van der Waals surface area contributed by atoms with Crippen LogP contribution >= 0.6 is 0 Å². The third kappa shape index (κ3) is 4.32. The number of halogens is 1. The monoisotopic (exact) mass is 452 g/mol. The zero-order valence-electron chi connectivity index (χ0n) is 19.4. The molecule has 4 rings (SSSR count). The number of carbonyl (C=O) groups excluding carboxylic acids is 2. The van der Waals surface area contributed by atoms with Crippen LogP contribution in [0.15, 0.2) is 48.2 Å². The van der Waals surface area contributed by atoms with Crippen molar-refractivity contribution in [2.75, 3.05) is 27.3 Å². The molecule has 0 aliphatic carbocycles. The zero-order valence-corrected chi connectivity index (χ0v) is 19.4. The van der Waals surface area contributed by atoms with Crippen LogP contribution in [0.25, 0.3) is 5.57 Å². The van der Waals surface area contributed by atoms with Crippen molar-refractivity contribution in [3.05, 3.63) is 65.1 Å². The molecule has 2 amide bonds. The molecule has 0 radical (unpaired) electrons. The van der Waals surface area contributed by atoms with Gasteiger partial charge in [0.25, 0.3) is 11.8 Å². The highest BCUT2D eigenvalue weighted by Crippen LogP contribution is 2.38. The Morgan fingerprint density at radius 3 is 2.24 bits per heavy atom. The van der Waals surface area contributed by atoms with Gasteiger partial charge in [0.15, 0.2) is 11.5 Å². The molecule has 2 heterocycles. The van der Waals surface area contributed by atoms with E-state index in [2.05, 4.69) is 13.8 Å². The number of benzene rings is 2. The molecule has 2 unspecified atom stereocenters. The van der Waals surface area contributed by atoms with Crippen LogP contribution in [0.4, 0.5) is 4.39 Å². The molecule has 2 atom stereocenters. The first-order valence-electron chi connectivity index (χ1n) is 11.1. The molecular formula is C26H29FN2O4. The Bertz CT molecular complexity index is 1100. The minimum atomic E-state index is -0.445. The van der Waals surface area contributed by atoms with Gasteiger partial charge in [0.2, 0.25) is 0 Å². The van der Waals surface area contributed by atoms with E-state index in [0.717, 1.165) is 11.3 Å². The van der Waals surface area contributed by atoms with Gasteiger partial charge >= 0.3 is 0 Å². The molecule has 174 valence electrons. The fraction of sp³-hybridized carbons (Fsp3) is 0.385. The highest BCUT2D eigenvalue weighted by atomic mass is 19.1. The summed E-state index contributed by atoms with van der Waals surface area (Å²) in [7, 11) is 3.07. The van der Waals surface area contributed by atoms with E-state index in [-0.39, 0.29) is 6.54 Å². The molecule has 1 fully saturated rings. The van der Waals surface area contributed by atoms with Crippen LogP contribution in [-0.2, 0) is 16.1 Å². The molecule has 2 aromatic rings. The Morgan fingerprint density at radius 2 is 1.61 bits per heavy atom. The topological polar surface area (TPSA) is 59.1 Å². The fourth-order valence-electron chi connectivity index (χ4n) is 4.89. The van der Waals surface area contributed by atoms with Crippen molar-refractivity contribution in [3.63, 3.8) is 0 Å². The normalized spacial score (nSPS) is 21.1. The van der Waals surface area contributed by atoms with Crippen molar-refractivity contribution in [3.8, 4) is 11.5 Å². The van der Waals surface area contributed by atoms with E-state index in [1.54, 1.807) is 43.5 Å². The molecule has 0 aromatic heterocycles. The summed E-state index contributed by atoms with van der Waals surface area (Å²) < 4.78 is 25.1. The van der Waals surface area contributed by atoms with Gasteiger partial charge in [-0.1, -0.05) is 38.1 Å². The quantitative estimate of drug-likeness (QED) is 0.618. The molecule has 2 aliphatic heterocycles. The van der Waals surface area contributed by atoms with Crippen molar-refractivity contribution in [1.82, 2.24) is 9.80 Å². The average molecular weight is 453 g/mol. The summed E-state index contributed by atoms with van der Waals surface area (Å²) >= 11 is 0. The van der Waals surface area contributed by atoms with Crippen LogP contribution in [0.2, 0.25) is 0 Å². The predicted octanol–water partition coefficient (Wildman–Crippen LogP) is 4.10. The second-order valence-corrected chi connectivity index (χ2v) is 8.93. The summed E-state index contributed by atoms with van der Waals surface area (Å²) in [4.78, 5) is 30.4. The molecule has 7 heteroatoms. The second kappa shape index (κ2) is 9.25. The maximum atomic E-state index is 14.3. The molecule has 0 N–H and O–H groups in total. The highest BCUT2D eigenvalue weighted by molar-refractivity contribution is 6.35. The lowest BCUT2D eigenvalue weighted by atomic mass is 9.91. The first kappa shape index (κ1) is 22.8. The van der Waals surface area contributed by atoms with Crippen LogP contribution < -0.4 is 9.47 Å². The molecular weight excluding hydrogens is 423 g/mol. The average Bonchev–Trinajstić information content (AvgIpc) is 3.04. The molecule has 33 heavy (non-hydrogen) atoms. The van der Waals surface area contributed by atoms with Gasteiger partial charge in [0.05, 0.1) is 26.3 Å². The number of imide groups is 1. The number of amides is 2. The van der Waals surface area contributed by atoms with Crippen molar-refractivity contribution < 1.29 is 23.5 Å². The van der Waals surface area contributed by atoms with E-state index in [1.165, 1.54) is 13.2 Å². The van der Waals surface area contributed by atoms with Crippen LogP contribution in [-0.4, -0.2) is 48.9 Å². The number of hydrogen-bond donors (Lipinski definition) is 0. The highest BCUT2D eigenvalue weighted by Gasteiger charge is 2.43. The van der Waals surface area contributed by atoms with E-state index in [1.807, 2.05) is 4.90 Å². The van der Waals surface area contributed by atoms with E-state index in [0.29, 0.717) is 58.8 Å². The molecule has 0 saturated carbocycles. The van der Waals surface area contributed by atoms with Gasteiger partial charge in [-0.15, -0.1) is 0 Å². The SMILES string of the molecule is COc1ccc(C2=C(N3CC(C)CC(C)C3)C(=O)N(Cc3ccccc3F)C2=O)cc1OC. The standard InChI is InChI=1S/C26H29FN2O4/c1-16-11-17(2)14-28(13-16)24-23(18-9-10-21(32-3)22(12-18)33-4)25(30)29(26(24)31)15-19-7-5-6-8-20(19)27/h5-10,12,16-17H,11,13-15H2,1-4H3. The Hall–Kier alpha value is -3.35. The van der Waals surface area contributed by atoms with Crippen molar-refractivity contribution in [1.29, 1.82) is 0 Å². The number of nitrogens with zero attached hydrogens (tertiary/aromatic N) is 2. The van der Waals surface area contributed by atoms with Crippen LogP contribution in [0.3, 0.4) is 0 Å². The van der Waals surface area contributed by atoms with Gasteiger partial charge in [0, 0.05) is 18.7 Å². The van der Waals surface area contributed by atoms with Gasteiger partial charge in [-0.05, 0) is 42.0 Å². The maximum Gasteiger partial charge on any atom is 0.278 e. The summed E-state index contributed by atoms with van der Waals surface area (Å²) in [5.41, 5.74) is 1.57. The van der Waals surface area contributed by atoms with Crippen molar-refractivity contribution >= 4 is 17.4 Å². The van der Waals surface area contributed by atoms with Crippen LogP contribution in [0, 0.1) is 17.7 Å².